The summed E-state index contributed by atoms with van der Waals surface area (Å²) < 4.78 is 0. The average Bonchev–Trinajstić information content (AvgIpc) is 2.80. The molecule has 4 heteroatoms. The van der Waals surface area contributed by atoms with Crippen molar-refractivity contribution in [2.75, 3.05) is 19.6 Å². The smallest absolute Gasteiger partial charge is 0.245 e. The Kier molecular flexibility index (Phi) is 3.68. The average molecular weight is 234 g/mol. The lowest BCUT2D eigenvalue weighted by atomic mass is 10.1. The third-order valence-electron chi connectivity index (χ3n) is 3.50. The fourth-order valence-corrected chi connectivity index (χ4v) is 2.58. The second-order valence-electron chi connectivity index (χ2n) is 4.67. The number of terminal acetylenes is 1. The van der Waals surface area contributed by atoms with Gasteiger partial charge in [-0.25, -0.2) is 0 Å². The first-order valence-electron chi connectivity index (χ1n) is 6.26. The van der Waals surface area contributed by atoms with Crippen molar-refractivity contribution in [3.63, 3.8) is 0 Å². The summed E-state index contributed by atoms with van der Waals surface area (Å²) in [6.07, 6.45) is 9.50. The van der Waals surface area contributed by atoms with Gasteiger partial charge in [-0.1, -0.05) is 0 Å². The highest BCUT2D eigenvalue weighted by Crippen LogP contribution is 2.23. The van der Waals surface area contributed by atoms with Crippen LogP contribution >= 0.6 is 0 Å². The quantitative estimate of drug-likeness (QED) is 0.528. The molecule has 2 fully saturated rings. The Labute approximate surface area is 102 Å². The summed E-state index contributed by atoms with van der Waals surface area (Å²) in [7, 11) is 0. The van der Waals surface area contributed by atoms with Gasteiger partial charge in [-0.2, -0.15) is 0 Å². The number of hydrogen-bond donors (Lipinski definition) is 0. The van der Waals surface area contributed by atoms with Gasteiger partial charge in [-0.3, -0.25) is 9.59 Å². The molecule has 0 aromatic rings. The van der Waals surface area contributed by atoms with Gasteiger partial charge in [0.2, 0.25) is 11.8 Å². The molecule has 2 rings (SSSR count). The van der Waals surface area contributed by atoms with Crippen LogP contribution in [0.25, 0.3) is 0 Å². The van der Waals surface area contributed by atoms with E-state index in [-0.39, 0.29) is 24.4 Å². The highest BCUT2D eigenvalue weighted by atomic mass is 16.2. The molecular formula is C13H18N2O2. The molecule has 1 atom stereocenters. The van der Waals surface area contributed by atoms with E-state index in [1.54, 1.807) is 9.80 Å². The van der Waals surface area contributed by atoms with Crippen LogP contribution < -0.4 is 0 Å². The number of carbonyl (C=O) groups excluding carboxylic acids is 2. The van der Waals surface area contributed by atoms with Crippen molar-refractivity contribution in [2.45, 2.75) is 38.1 Å². The molecule has 0 aliphatic carbocycles. The van der Waals surface area contributed by atoms with Crippen LogP contribution in [0.1, 0.15) is 32.1 Å². The minimum atomic E-state index is -0.177. The Hall–Kier alpha value is -1.50. The van der Waals surface area contributed by atoms with Crippen LogP contribution in [-0.4, -0.2) is 47.3 Å². The Balaban J connectivity index is 1.89. The molecule has 0 spiro atoms. The zero-order chi connectivity index (χ0) is 12.3. The zero-order valence-corrected chi connectivity index (χ0v) is 10.0. The maximum Gasteiger partial charge on any atom is 0.245 e. The molecule has 4 nitrogen and oxygen atoms in total. The first-order chi connectivity index (χ1) is 8.24. The number of unbranched alkanes of at least 4 members (excludes halogenated alkanes) is 2. The summed E-state index contributed by atoms with van der Waals surface area (Å²) in [5.74, 6) is 2.81. The van der Waals surface area contributed by atoms with E-state index in [0.717, 1.165) is 38.6 Å². The van der Waals surface area contributed by atoms with Gasteiger partial charge >= 0.3 is 0 Å². The van der Waals surface area contributed by atoms with Crippen molar-refractivity contribution < 1.29 is 9.59 Å². The van der Waals surface area contributed by atoms with Crippen LogP contribution in [0.4, 0.5) is 0 Å². The summed E-state index contributed by atoms with van der Waals surface area (Å²) in [5.41, 5.74) is 0. The third-order valence-corrected chi connectivity index (χ3v) is 3.50. The Bertz CT molecular complexity index is 359. The standard InChI is InChI=1S/C13H18N2O2/c1-2-3-4-5-8-14-10-12(16)15-9-6-7-11(15)13(14)17/h1,11H,3-10H2. The van der Waals surface area contributed by atoms with Crippen molar-refractivity contribution in [3.8, 4) is 12.3 Å². The molecule has 2 aliphatic rings. The van der Waals surface area contributed by atoms with Gasteiger partial charge in [-0.15, -0.1) is 12.3 Å². The summed E-state index contributed by atoms with van der Waals surface area (Å²) in [4.78, 5) is 27.4. The van der Waals surface area contributed by atoms with Crippen molar-refractivity contribution >= 4 is 11.8 Å². The fraction of sp³-hybridized carbons (Fsp3) is 0.692. The second kappa shape index (κ2) is 5.22. The van der Waals surface area contributed by atoms with Crippen LogP contribution in [-0.2, 0) is 9.59 Å². The van der Waals surface area contributed by atoms with Crippen molar-refractivity contribution in [2.24, 2.45) is 0 Å². The van der Waals surface area contributed by atoms with Gasteiger partial charge in [-0.05, 0) is 25.7 Å². The van der Waals surface area contributed by atoms with E-state index < -0.39 is 0 Å². The topological polar surface area (TPSA) is 40.6 Å². The van der Waals surface area contributed by atoms with Gasteiger partial charge in [0.15, 0.2) is 0 Å². The molecule has 0 aromatic carbocycles. The molecule has 0 aromatic heterocycles. The lowest BCUT2D eigenvalue weighted by Gasteiger charge is -2.36. The molecule has 2 aliphatic heterocycles. The van der Waals surface area contributed by atoms with Gasteiger partial charge in [0, 0.05) is 19.5 Å². The number of carbonyl (C=O) groups is 2. The molecule has 0 radical (unpaired) electrons. The molecule has 17 heavy (non-hydrogen) atoms. The number of fused-ring (bicyclic) bond motifs is 1. The normalized spacial score (nSPS) is 23.8. The zero-order valence-electron chi connectivity index (χ0n) is 10.0. The van der Waals surface area contributed by atoms with Crippen molar-refractivity contribution in [1.82, 2.24) is 9.80 Å². The summed E-state index contributed by atoms with van der Waals surface area (Å²) in [6.45, 7) is 1.67. The van der Waals surface area contributed by atoms with E-state index in [9.17, 15) is 9.59 Å². The largest absolute Gasteiger partial charge is 0.332 e. The lowest BCUT2D eigenvalue weighted by molar-refractivity contribution is -0.153. The minimum Gasteiger partial charge on any atom is -0.332 e. The minimum absolute atomic E-state index is 0.101. The SMILES string of the molecule is C#CCCCCN1CC(=O)N2CCCC2C1=O. The number of amides is 2. The van der Waals surface area contributed by atoms with E-state index in [1.165, 1.54) is 0 Å². The number of nitrogens with zero attached hydrogens (tertiary/aromatic N) is 2. The van der Waals surface area contributed by atoms with Crippen molar-refractivity contribution in [3.05, 3.63) is 0 Å². The first kappa shape index (κ1) is 12.0. The van der Waals surface area contributed by atoms with Crippen molar-refractivity contribution in [1.29, 1.82) is 0 Å². The number of rotatable bonds is 4. The lowest BCUT2D eigenvalue weighted by Crippen LogP contribution is -2.57. The predicted octanol–water partition coefficient (Wildman–Crippen LogP) is 0.623. The molecule has 0 bridgehead atoms. The van der Waals surface area contributed by atoms with E-state index in [4.69, 9.17) is 6.42 Å². The maximum atomic E-state index is 12.1. The Morgan fingerprint density at radius 2 is 2.18 bits per heavy atom. The fourth-order valence-electron chi connectivity index (χ4n) is 2.58. The van der Waals surface area contributed by atoms with Gasteiger partial charge in [0.05, 0.1) is 6.54 Å². The molecular weight excluding hydrogens is 216 g/mol. The molecule has 0 saturated carbocycles. The van der Waals surface area contributed by atoms with E-state index in [2.05, 4.69) is 5.92 Å². The summed E-state index contributed by atoms with van der Waals surface area (Å²) in [6, 6.07) is -0.177. The van der Waals surface area contributed by atoms with Gasteiger partial charge < -0.3 is 9.80 Å². The number of hydrogen-bond acceptors (Lipinski definition) is 2. The maximum absolute atomic E-state index is 12.1. The molecule has 0 N–H and O–H groups in total. The molecule has 2 amide bonds. The van der Waals surface area contributed by atoms with E-state index >= 15 is 0 Å². The monoisotopic (exact) mass is 234 g/mol. The second-order valence-corrected chi connectivity index (χ2v) is 4.67. The van der Waals surface area contributed by atoms with E-state index in [0.29, 0.717) is 6.54 Å². The summed E-state index contributed by atoms with van der Waals surface area (Å²) in [5, 5.41) is 0. The summed E-state index contributed by atoms with van der Waals surface area (Å²) >= 11 is 0. The van der Waals surface area contributed by atoms with Crippen LogP contribution in [0, 0.1) is 12.3 Å². The Morgan fingerprint density at radius 1 is 1.35 bits per heavy atom. The highest BCUT2D eigenvalue weighted by Gasteiger charge is 2.41. The van der Waals surface area contributed by atoms with Crippen LogP contribution in [0.15, 0.2) is 0 Å². The molecule has 2 saturated heterocycles. The first-order valence-corrected chi connectivity index (χ1v) is 6.26. The third kappa shape index (κ3) is 2.44. The molecule has 1 unspecified atom stereocenters. The van der Waals surface area contributed by atoms with E-state index in [1.807, 2.05) is 0 Å². The highest BCUT2D eigenvalue weighted by molar-refractivity contribution is 5.95. The number of piperazine rings is 1. The molecule has 92 valence electrons. The van der Waals surface area contributed by atoms with Crippen LogP contribution in [0.3, 0.4) is 0 Å². The molecule has 2 heterocycles. The van der Waals surface area contributed by atoms with Gasteiger partial charge in [0.1, 0.15) is 6.04 Å². The van der Waals surface area contributed by atoms with Crippen LogP contribution in [0.2, 0.25) is 0 Å². The Morgan fingerprint density at radius 3 is 2.94 bits per heavy atom. The van der Waals surface area contributed by atoms with Crippen LogP contribution in [0.5, 0.6) is 0 Å². The van der Waals surface area contributed by atoms with Gasteiger partial charge in [0.25, 0.3) is 0 Å². The predicted molar refractivity (Wildman–Crippen MR) is 64.0 cm³/mol.